The Hall–Kier alpha value is -1.54. The molecule has 2 nitrogen and oxygen atoms in total. The summed E-state index contributed by atoms with van der Waals surface area (Å²) < 4.78 is 2.30. The molecular formula is C16H22N2. The van der Waals surface area contributed by atoms with Crippen molar-refractivity contribution in [3.05, 3.63) is 59.4 Å². The lowest BCUT2D eigenvalue weighted by molar-refractivity contribution is 0.609. The van der Waals surface area contributed by atoms with Crippen molar-refractivity contribution in [2.45, 2.75) is 39.3 Å². The molecule has 2 rings (SSSR count). The van der Waals surface area contributed by atoms with Crippen molar-refractivity contribution >= 4 is 0 Å². The first-order valence-corrected chi connectivity index (χ1v) is 6.64. The molecule has 96 valence electrons. The monoisotopic (exact) mass is 242 g/mol. The van der Waals surface area contributed by atoms with Gasteiger partial charge in [0, 0.05) is 30.9 Å². The van der Waals surface area contributed by atoms with Crippen LogP contribution in [-0.2, 0) is 13.0 Å². The maximum Gasteiger partial charge on any atom is 0.0475 e. The van der Waals surface area contributed by atoms with E-state index >= 15 is 0 Å². The summed E-state index contributed by atoms with van der Waals surface area (Å²) in [5.41, 5.74) is 10.1. The summed E-state index contributed by atoms with van der Waals surface area (Å²) >= 11 is 0. The van der Waals surface area contributed by atoms with E-state index in [0.717, 1.165) is 19.4 Å². The van der Waals surface area contributed by atoms with E-state index < -0.39 is 0 Å². The van der Waals surface area contributed by atoms with Gasteiger partial charge in [-0.1, -0.05) is 31.2 Å². The molecule has 1 aromatic heterocycles. The van der Waals surface area contributed by atoms with Crippen LogP contribution in [0.25, 0.3) is 0 Å². The number of hydrogen-bond donors (Lipinski definition) is 1. The Labute approximate surface area is 109 Å². The Morgan fingerprint density at radius 3 is 2.67 bits per heavy atom. The molecule has 1 aromatic carbocycles. The van der Waals surface area contributed by atoms with Crippen LogP contribution in [0.2, 0.25) is 0 Å². The van der Waals surface area contributed by atoms with Gasteiger partial charge >= 0.3 is 0 Å². The summed E-state index contributed by atoms with van der Waals surface area (Å²) in [5, 5.41) is 0. The number of aromatic nitrogens is 1. The SMILES string of the molecule is CCC(N)Cc1cccn1Cc1ccccc1C. The van der Waals surface area contributed by atoms with E-state index in [9.17, 15) is 0 Å². The van der Waals surface area contributed by atoms with Crippen LogP contribution in [-0.4, -0.2) is 10.6 Å². The average Bonchev–Trinajstić information content (AvgIpc) is 2.79. The summed E-state index contributed by atoms with van der Waals surface area (Å²) in [4.78, 5) is 0. The summed E-state index contributed by atoms with van der Waals surface area (Å²) in [6, 6.07) is 13.1. The third kappa shape index (κ3) is 3.02. The van der Waals surface area contributed by atoms with E-state index in [1.54, 1.807) is 0 Å². The molecule has 0 fully saturated rings. The molecule has 0 saturated heterocycles. The van der Waals surface area contributed by atoms with Crippen molar-refractivity contribution in [3.63, 3.8) is 0 Å². The Kier molecular flexibility index (Phi) is 4.21. The molecule has 0 bridgehead atoms. The van der Waals surface area contributed by atoms with E-state index in [1.807, 2.05) is 0 Å². The highest BCUT2D eigenvalue weighted by Crippen LogP contribution is 2.13. The Bertz CT molecular complexity index is 499. The quantitative estimate of drug-likeness (QED) is 0.858. The van der Waals surface area contributed by atoms with E-state index in [4.69, 9.17) is 5.73 Å². The first-order valence-electron chi connectivity index (χ1n) is 6.64. The van der Waals surface area contributed by atoms with E-state index in [2.05, 4.69) is 61.0 Å². The lowest BCUT2D eigenvalue weighted by atomic mass is 10.1. The van der Waals surface area contributed by atoms with Crippen LogP contribution in [0.15, 0.2) is 42.6 Å². The van der Waals surface area contributed by atoms with Crippen molar-refractivity contribution in [3.8, 4) is 0 Å². The fraction of sp³-hybridized carbons (Fsp3) is 0.375. The van der Waals surface area contributed by atoms with E-state index in [-0.39, 0.29) is 6.04 Å². The maximum atomic E-state index is 6.04. The van der Waals surface area contributed by atoms with Gasteiger partial charge in [0.1, 0.15) is 0 Å². The topological polar surface area (TPSA) is 30.9 Å². The molecule has 2 N–H and O–H groups in total. The second kappa shape index (κ2) is 5.87. The van der Waals surface area contributed by atoms with Crippen molar-refractivity contribution in [2.75, 3.05) is 0 Å². The first kappa shape index (κ1) is 12.9. The van der Waals surface area contributed by atoms with Crippen LogP contribution in [0.3, 0.4) is 0 Å². The van der Waals surface area contributed by atoms with Gasteiger partial charge < -0.3 is 10.3 Å². The van der Waals surface area contributed by atoms with Crippen LogP contribution in [0.1, 0.15) is 30.2 Å². The third-order valence-electron chi connectivity index (χ3n) is 3.52. The highest BCUT2D eigenvalue weighted by Gasteiger charge is 2.07. The number of aryl methyl sites for hydroxylation is 1. The van der Waals surface area contributed by atoms with Gasteiger partial charge in [0.25, 0.3) is 0 Å². The molecule has 0 aliphatic rings. The predicted octanol–water partition coefficient (Wildman–Crippen LogP) is 3.12. The molecule has 0 radical (unpaired) electrons. The molecule has 2 heteroatoms. The standard InChI is InChI=1S/C16H22N2/c1-3-15(17)11-16-9-6-10-18(16)12-14-8-5-4-7-13(14)2/h4-10,15H,3,11-12,17H2,1-2H3. The summed E-state index contributed by atoms with van der Waals surface area (Å²) in [6.07, 6.45) is 4.12. The fourth-order valence-electron chi connectivity index (χ4n) is 2.17. The van der Waals surface area contributed by atoms with Gasteiger partial charge in [0.2, 0.25) is 0 Å². The molecule has 1 heterocycles. The second-order valence-electron chi connectivity index (χ2n) is 4.93. The molecular weight excluding hydrogens is 220 g/mol. The Balaban J connectivity index is 2.15. The van der Waals surface area contributed by atoms with E-state index in [0.29, 0.717) is 0 Å². The van der Waals surface area contributed by atoms with Gasteiger partial charge in [0.05, 0.1) is 0 Å². The largest absolute Gasteiger partial charge is 0.347 e. The lowest BCUT2D eigenvalue weighted by Crippen LogP contribution is -2.23. The van der Waals surface area contributed by atoms with Crippen LogP contribution in [0.5, 0.6) is 0 Å². The summed E-state index contributed by atoms with van der Waals surface area (Å²) in [5.74, 6) is 0. The fourth-order valence-corrected chi connectivity index (χ4v) is 2.17. The predicted molar refractivity (Wildman–Crippen MR) is 76.7 cm³/mol. The van der Waals surface area contributed by atoms with Gasteiger partial charge in [-0.05, 0) is 36.6 Å². The van der Waals surface area contributed by atoms with Crippen LogP contribution in [0, 0.1) is 6.92 Å². The molecule has 0 amide bonds. The molecule has 0 saturated carbocycles. The number of benzene rings is 1. The first-order chi connectivity index (χ1) is 8.70. The number of nitrogens with zero attached hydrogens (tertiary/aromatic N) is 1. The van der Waals surface area contributed by atoms with Gasteiger partial charge in [-0.3, -0.25) is 0 Å². The third-order valence-corrected chi connectivity index (χ3v) is 3.52. The zero-order valence-electron chi connectivity index (χ0n) is 11.3. The molecule has 0 aliphatic heterocycles. The minimum atomic E-state index is 0.260. The summed E-state index contributed by atoms with van der Waals surface area (Å²) in [7, 11) is 0. The Morgan fingerprint density at radius 1 is 1.17 bits per heavy atom. The number of rotatable bonds is 5. The number of hydrogen-bond acceptors (Lipinski definition) is 1. The second-order valence-corrected chi connectivity index (χ2v) is 4.93. The van der Waals surface area contributed by atoms with Gasteiger partial charge in [-0.15, -0.1) is 0 Å². The van der Waals surface area contributed by atoms with Crippen molar-refractivity contribution in [1.82, 2.24) is 4.57 Å². The molecule has 1 atom stereocenters. The van der Waals surface area contributed by atoms with Crippen LogP contribution >= 0.6 is 0 Å². The van der Waals surface area contributed by atoms with Crippen molar-refractivity contribution < 1.29 is 0 Å². The normalized spacial score (nSPS) is 12.6. The van der Waals surface area contributed by atoms with Gasteiger partial charge in [-0.2, -0.15) is 0 Å². The molecule has 0 spiro atoms. The zero-order chi connectivity index (χ0) is 13.0. The van der Waals surface area contributed by atoms with Gasteiger partial charge in [0.15, 0.2) is 0 Å². The minimum absolute atomic E-state index is 0.260. The zero-order valence-corrected chi connectivity index (χ0v) is 11.3. The van der Waals surface area contributed by atoms with Crippen LogP contribution in [0.4, 0.5) is 0 Å². The minimum Gasteiger partial charge on any atom is -0.347 e. The van der Waals surface area contributed by atoms with Crippen molar-refractivity contribution in [1.29, 1.82) is 0 Å². The molecule has 18 heavy (non-hydrogen) atoms. The molecule has 1 unspecified atom stereocenters. The Morgan fingerprint density at radius 2 is 1.94 bits per heavy atom. The highest BCUT2D eigenvalue weighted by molar-refractivity contribution is 5.26. The molecule has 2 aromatic rings. The van der Waals surface area contributed by atoms with Gasteiger partial charge in [-0.25, -0.2) is 0 Å². The average molecular weight is 242 g/mol. The van der Waals surface area contributed by atoms with E-state index in [1.165, 1.54) is 16.8 Å². The van der Waals surface area contributed by atoms with Crippen LogP contribution < -0.4 is 5.73 Å². The maximum absolute atomic E-state index is 6.04. The number of nitrogens with two attached hydrogens (primary N) is 1. The lowest BCUT2D eigenvalue weighted by Gasteiger charge is -2.14. The summed E-state index contributed by atoms with van der Waals surface area (Å²) in [6.45, 7) is 5.24. The smallest absolute Gasteiger partial charge is 0.0475 e. The molecule has 0 aliphatic carbocycles. The highest BCUT2D eigenvalue weighted by atomic mass is 15.0. The van der Waals surface area contributed by atoms with Crippen molar-refractivity contribution in [2.24, 2.45) is 5.73 Å².